The van der Waals surface area contributed by atoms with Crippen molar-refractivity contribution in [1.82, 2.24) is 0 Å². The van der Waals surface area contributed by atoms with Crippen LogP contribution in [0.5, 0.6) is 17.2 Å². The fraction of sp³-hybridized carbons (Fsp3) is 0.115. The van der Waals surface area contributed by atoms with Gasteiger partial charge in [0.25, 0.3) is 11.8 Å². The second-order valence-corrected chi connectivity index (χ2v) is 9.65. The minimum Gasteiger partial charge on any atom is -0.497 e. The first-order valence-corrected chi connectivity index (χ1v) is 12.4. The van der Waals surface area contributed by atoms with E-state index in [1.807, 2.05) is 0 Å². The van der Waals surface area contributed by atoms with Gasteiger partial charge in [0.05, 0.1) is 35.5 Å². The molecule has 190 valence electrons. The molecule has 3 aromatic rings. The Bertz CT molecular complexity index is 1400. The standard InChI is InChI=1S/C26H20ClFN2O5S2/c1-33-17-9-7-16(8-10-17)30-25(32)22(37-26(30)36)13-15-11-18(27)24(21(12-15)34-2)35-14-23(31)29-20-6-4-3-5-19(20)28/h3-13H,14H2,1-2H3,(H,29,31)/b22-13-. The maximum atomic E-state index is 13.8. The summed E-state index contributed by atoms with van der Waals surface area (Å²) in [5.74, 6) is -0.361. The number of anilines is 2. The van der Waals surface area contributed by atoms with E-state index in [0.717, 1.165) is 11.8 Å². The lowest BCUT2D eigenvalue weighted by molar-refractivity contribution is -0.118. The van der Waals surface area contributed by atoms with Crippen LogP contribution in [0.1, 0.15) is 5.56 Å². The number of thiocarbonyl (C=S) groups is 1. The Kier molecular flexibility index (Phi) is 8.32. The lowest BCUT2D eigenvalue weighted by Gasteiger charge is -2.15. The van der Waals surface area contributed by atoms with E-state index >= 15 is 0 Å². The van der Waals surface area contributed by atoms with Gasteiger partial charge in [0.2, 0.25) is 0 Å². The molecule has 0 bridgehead atoms. The molecule has 1 saturated heterocycles. The molecule has 0 radical (unpaired) electrons. The third kappa shape index (κ3) is 6.04. The van der Waals surface area contributed by atoms with E-state index in [4.69, 9.17) is 38.0 Å². The average molecular weight is 559 g/mol. The van der Waals surface area contributed by atoms with Gasteiger partial charge >= 0.3 is 0 Å². The van der Waals surface area contributed by atoms with Crippen LogP contribution in [0.15, 0.2) is 65.6 Å². The first-order chi connectivity index (χ1) is 17.8. The molecule has 37 heavy (non-hydrogen) atoms. The first kappa shape index (κ1) is 26.5. The van der Waals surface area contributed by atoms with Gasteiger partial charge in [-0.15, -0.1) is 0 Å². The van der Waals surface area contributed by atoms with Crippen LogP contribution in [-0.2, 0) is 9.59 Å². The summed E-state index contributed by atoms with van der Waals surface area (Å²) in [7, 11) is 2.98. The summed E-state index contributed by atoms with van der Waals surface area (Å²) < 4.78 is 30.3. The number of carbonyl (C=O) groups is 2. The quantitative estimate of drug-likeness (QED) is 0.272. The second-order valence-electron chi connectivity index (χ2n) is 7.57. The number of para-hydroxylation sites is 1. The molecular formula is C26H20ClFN2O5S2. The summed E-state index contributed by atoms with van der Waals surface area (Å²) in [4.78, 5) is 27.2. The van der Waals surface area contributed by atoms with Crippen molar-refractivity contribution in [1.29, 1.82) is 0 Å². The van der Waals surface area contributed by atoms with Crippen molar-refractivity contribution in [3.05, 3.63) is 82.0 Å². The number of ether oxygens (including phenoxy) is 3. The van der Waals surface area contributed by atoms with Gasteiger partial charge < -0.3 is 19.5 Å². The molecule has 0 aliphatic carbocycles. The number of carbonyl (C=O) groups excluding carboxylic acids is 2. The van der Waals surface area contributed by atoms with Crippen LogP contribution in [0.4, 0.5) is 15.8 Å². The lowest BCUT2D eigenvalue weighted by Crippen LogP contribution is -2.27. The Morgan fingerprint density at radius 3 is 2.54 bits per heavy atom. The van der Waals surface area contributed by atoms with Crippen molar-refractivity contribution in [3.63, 3.8) is 0 Å². The highest BCUT2D eigenvalue weighted by atomic mass is 35.5. The van der Waals surface area contributed by atoms with Gasteiger partial charge in [0, 0.05) is 0 Å². The van der Waals surface area contributed by atoms with Crippen molar-refractivity contribution in [2.75, 3.05) is 31.0 Å². The molecule has 7 nitrogen and oxygen atoms in total. The first-order valence-electron chi connectivity index (χ1n) is 10.8. The molecule has 1 heterocycles. The largest absolute Gasteiger partial charge is 0.497 e. The number of nitrogens with one attached hydrogen (secondary N) is 1. The maximum absolute atomic E-state index is 13.8. The fourth-order valence-electron chi connectivity index (χ4n) is 3.42. The summed E-state index contributed by atoms with van der Waals surface area (Å²) >= 11 is 13.0. The SMILES string of the molecule is COc1ccc(N2C(=O)/C(=C/c3cc(Cl)c(OCC(=O)Nc4ccccc4F)c(OC)c3)SC2=S)cc1. The zero-order valence-electron chi connectivity index (χ0n) is 19.6. The molecular weight excluding hydrogens is 539 g/mol. The van der Waals surface area contributed by atoms with Gasteiger partial charge in [-0.05, 0) is 60.2 Å². The minimum atomic E-state index is -0.575. The number of methoxy groups -OCH3 is 2. The summed E-state index contributed by atoms with van der Waals surface area (Å²) in [5, 5.41) is 2.60. The van der Waals surface area contributed by atoms with Crippen LogP contribution in [-0.4, -0.2) is 37.0 Å². The van der Waals surface area contributed by atoms with E-state index in [1.165, 1.54) is 30.2 Å². The number of amides is 2. The summed E-state index contributed by atoms with van der Waals surface area (Å²) in [6.45, 7) is -0.426. The van der Waals surface area contributed by atoms with E-state index in [2.05, 4.69) is 5.32 Å². The van der Waals surface area contributed by atoms with Gasteiger partial charge in [-0.2, -0.15) is 0 Å². The van der Waals surface area contributed by atoms with Crippen LogP contribution >= 0.6 is 35.6 Å². The number of hydrogen-bond acceptors (Lipinski definition) is 7. The molecule has 1 aliphatic heterocycles. The molecule has 0 spiro atoms. The second kappa shape index (κ2) is 11.6. The van der Waals surface area contributed by atoms with Gasteiger partial charge in [-0.1, -0.05) is 47.7 Å². The van der Waals surface area contributed by atoms with Crippen LogP contribution < -0.4 is 24.4 Å². The highest BCUT2D eigenvalue weighted by Gasteiger charge is 2.33. The van der Waals surface area contributed by atoms with E-state index in [0.29, 0.717) is 26.2 Å². The van der Waals surface area contributed by atoms with E-state index in [1.54, 1.807) is 55.7 Å². The van der Waals surface area contributed by atoms with Gasteiger partial charge in [0.15, 0.2) is 22.4 Å². The number of hydrogen-bond donors (Lipinski definition) is 1. The molecule has 0 saturated carbocycles. The van der Waals surface area contributed by atoms with Gasteiger partial charge in [-0.3, -0.25) is 14.5 Å². The maximum Gasteiger partial charge on any atom is 0.270 e. The Balaban J connectivity index is 1.50. The zero-order chi connectivity index (χ0) is 26.5. The molecule has 1 fully saturated rings. The van der Waals surface area contributed by atoms with E-state index in [9.17, 15) is 14.0 Å². The smallest absolute Gasteiger partial charge is 0.270 e. The van der Waals surface area contributed by atoms with Gasteiger partial charge in [0.1, 0.15) is 11.6 Å². The molecule has 0 unspecified atom stereocenters. The normalized spacial score (nSPS) is 14.2. The average Bonchev–Trinajstić information content (AvgIpc) is 3.16. The highest BCUT2D eigenvalue weighted by Crippen LogP contribution is 2.40. The van der Waals surface area contributed by atoms with E-state index < -0.39 is 18.3 Å². The Labute approximate surface area is 227 Å². The van der Waals surface area contributed by atoms with Crippen molar-refractivity contribution in [2.45, 2.75) is 0 Å². The van der Waals surface area contributed by atoms with Crippen molar-refractivity contribution in [3.8, 4) is 17.2 Å². The predicted octanol–water partition coefficient (Wildman–Crippen LogP) is 5.92. The molecule has 4 rings (SSSR count). The third-order valence-electron chi connectivity index (χ3n) is 5.17. The lowest BCUT2D eigenvalue weighted by atomic mass is 10.1. The summed E-state index contributed by atoms with van der Waals surface area (Å²) in [6, 6.07) is 16.0. The van der Waals surface area contributed by atoms with Crippen LogP contribution in [0, 0.1) is 5.82 Å². The molecule has 11 heteroatoms. The number of nitrogens with zero attached hydrogens (tertiary/aromatic N) is 1. The van der Waals surface area contributed by atoms with Crippen LogP contribution in [0.3, 0.4) is 0 Å². The molecule has 1 N–H and O–H groups in total. The fourth-order valence-corrected chi connectivity index (χ4v) is 5.00. The Hall–Kier alpha value is -3.60. The number of thioether (sulfide) groups is 1. The monoisotopic (exact) mass is 558 g/mol. The Morgan fingerprint density at radius 2 is 1.86 bits per heavy atom. The number of halogens is 2. The molecule has 2 amide bonds. The van der Waals surface area contributed by atoms with Crippen molar-refractivity contribution < 1.29 is 28.2 Å². The number of rotatable bonds is 8. The molecule has 0 aromatic heterocycles. The summed E-state index contributed by atoms with van der Waals surface area (Å²) in [5.41, 5.74) is 1.23. The minimum absolute atomic E-state index is 0.0384. The van der Waals surface area contributed by atoms with Crippen LogP contribution in [0.25, 0.3) is 6.08 Å². The predicted molar refractivity (Wildman–Crippen MR) is 147 cm³/mol. The Morgan fingerprint density at radius 1 is 1.14 bits per heavy atom. The summed E-state index contributed by atoms with van der Waals surface area (Å²) in [6.07, 6.45) is 1.64. The molecule has 3 aromatic carbocycles. The van der Waals surface area contributed by atoms with Crippen molar-refractivity contribution >= 4 is 69.2 Å². The van der Waals surface area contributed by atoms with Crippen molar-refractivity contribution in [2.24, 2.45) is 0 Å². The highest BCUT2D eigenvalue weighted by molar-refractivity contribution is 8.27. The number of benzene rings is 3. The van der Waals surface area contributed by atoms with Crippen LogP contribution in [0.2, 0.25) is 5.02 Å². The molecule has 1 aliphatic rings. The third-order valence-corrected chi connectivity index (χ3v) is 6.75. The topological polar surface area (TPSA) is 77.1 Å². The van der Waals surface area contributed by atoms with E-state index in [-0.39, 0.29) is 28.1 Å². The van der Waals surface area contributed by atoms with Gasteiger partial charge in [-0.25, -0.2) is 4.39 Å². The molecule has 0 atom stereocenters. The zero-order valence-corrected chi connectivity index (χ0v) is 22.0.